The molecule has 0 aromatic rings. The Morgan fingerprint density at radius 1 is 0.429 bits per heavy atom. The molecule has 214 valence electrons. The van der Waals surface area contributed by atoms with E-state index < -0.39 is 0 Å². The average molecular weight is 501 g/mol. The van der Waals surface area contributed by atoms with Gasteiger partial charge in [0.15, 0.2) is 0 Å². The van der Waals surface area contributed by atoms with E-state index in [1.807, 2.05) is 27.9 Å². The van der Waals surface area contributed by atoms with E-state index >= 15 is 0 Å². The Bertz CT molecular complexity index is 626. The Balaban J connectivity index is 0. The normalized spacial score (nSPS) is 15.1. The molecule has 2 N–H and O–H groups in total. The van der Waals surface area contributed by atoms with Crippen LogP contribution in [-0.2, 0) is 9.47 Å². The van der Waals surface area contributed by atoms with E-state index in [1.165, 1.54) is 0 Å². The monoisotopic (exact) mass is 501 g/mol. The SMILES string of the molecule is CC.CNC(C)(C)CC(C)(C)OC(C)(C)C(C)(C)CC(C)(C)OC(C)(C)C(C)(C)CC(C)(C)NC. The molecule has 0 unspecified atom stereocenters. The fourth-order valence-electron chi connectivity index (χ4n) is 5.57. The highest BCUT2D eigenvalue weighted by atomic mass is 16.5. The molecule has 0 aliphatic rings. The Morgan fingerprint density at radius 3 is 1.00 bits per heavy atom. The quantitative estimate of drug-likeness (QED) is 0.251. The largest absolute Gasteiger partial charge is 0.369 e. The van der Waals surface area contributed by atoms with Crippen molar-refractivity contribution < 1.29 is 9.47 Å². The predicted octanol–water partition coefficient (Wildman–Crippen LogP) is 8.38. The fourth-order valence-corrected chi connectivity index (χ4v) is 5.57. The van der Waals surface area contributed by atoms with Gasteiger partial charge < -0.3 is 20.1 Å². The number of ether oxygens (including phenoxy) is 2. The van der Waals surface area contributed by atoms with Crippen molar-refractivity contribution in [1.82, 2.24) is 10.6 Å². The molecule has 4 nitrogen and oxygen atoms in total. The third-order valence-electron chi connectivity index (χ3n) is 8.30. The van der Waals surface area contributed by atoms with E-state index in [0.717, 1.165) is 19.3 Å². The van der Waals surface area contributed by atoms with Gasteiger partial charge in [0.05, 0.1) is 22.4 Å². The van der Waals surface area contributed by atoms with Gasteiger partial charge in [-0.2, -0.15) is 0 Å². The zero-order valence-corrected chi connectivity index (χ0v) is 27.9. The van der Waals surface area contributed by atoms with E-state index in [-0.39, 0.29) is 44.3 Å². The first kappa shape index (κ1) is 37.0. The molecule has 0 bridgehead atoms. The Hall–Kier alpha value is -0.160. The maximum absolute atomic E-state index is 6.95. The van der Waals surface area contributed by atoms with E-state index in [1.54, 1.807) is 0 Å². The van der Waals surface area contributed by atoms with Crippen LogP contribution in [0.4, 0.5) is 0 Å². The number of rotatable bonds is 14. The van der Waals surface area contributed by atoms with Gasteiger partial charge in [-0.25, -0.2) is 0 Å². The Kier molecular flexibility index (Phi) is 12.8. The van der Waals surface area contributed by atoms with Gasteiger partial charge in [-0.3, -0.25) is 0 Å². The molecule has 0 spiro atoms. The summed E-state index contributed by atoms with van der Waals surface area (Å²) in [5, 5.41) is 6.87. The van der Waals surface area contributed by atoms with Gasteiger partial charge in [-0.15, -0.1) is 0 Å². The third-order valence-corrected chi connectivity index (χ3v) is 8.30. The first-order valence-corrected chi connectivity index (χ1v) is 13.9. The van der Waals surface area contributed by atoms with Crippen LogP contribution in [0.5, 0.6) is 0 Å². The zero-order chi connectivity index (χ0) is 28.9. The van der Waals surface area contributed by atoms with Crippen LogP contribution < -0.4 is 10.6 Å². The van der Waals surface area contributed by atoms with Gasteiger partial charge in [-0.1, -0.05) is 41.5 Å². The lowest BCUT2D eigenvalue weighted by Gasteiger charge is -2.53. The predicted molar refractivity (Wildman–Crippen MR) is 158 cm³/mol. The lowest BCUT2D eigenvalue weighted by molar-refractivity contribution is -0.222. The maximum atomic E-state index is 6.95. The van der Waals surface area contributed by atoms with Crippen LogP contribution in [-0.4, -0.2) is 47.6 Å². The summed E-state index contributed by atoms with van der Waals surface area (Å²) in [5.41, 5.74) is -1.20. The number of nitrogens with one attached hydrogen (secondary N) is 2. The van der Waals surface area contributed by atoms with Gasteiger partial charge >= 0.3 is 0 Å². The summed E-state index contributed by atoms with van der Waals surface area (Å²) < 4.78 is 13.8. The van der Waals surface area contributed by atoms with Crippen LogP contribution in [0.1, 0.15) is 144 Å². The lowest BCUT2D eigenvalue weighted by atomic mass is 9.68. The first-order valence-electron chi connectivity index (χ1n) is 13.9. The molecule has 0 aliphatic heterocycles. The summed E-state index contributed by atoms with van der Waals surface area (Å²) in [4.78, 5) is 0. The summed E-state index contributed by atoms with van der Waals surface area (Å²) in [6, 6.07) is 0. The van der Waals surface area contributed by atoms with Crippen molar-refractivity contribution in [1.29, 1.82) is 0 Å². The van der Waals surface area contributed by atoms with Crippen LogP contribution in [0.3, 0.4) is 0 Å². The van der Waals surface area contributed by atoms with Crippen molar-refractivity contribution in [3.05, 3.63) is 0 Å². The second-order valence-electron chi connectivity index (χ2n) is 15.3. The van der Waals surface area contributed by atoms with Crippen LogP contribution in [0.25, 0.3) is 0 Å². The molecule has 0 heterocycles. The average Bonchev–Trinajstić information content (AvgIpc) is 2.58. The highest BCUT2D eigenvalue weighted by Gasteiger charge is 2.49. The van der Waals surface area contributed by atoms with Gasteiger partial charge in [0.25, 0.3) is 0 Å². The summed E-state index contributed by atoms with van der Waals surface area (Å²) in [7, 11) is 4.06. The van der Waals surface area contributed by atoms with E-state index in [0.29, 0.717) is 0 Å². The summed E-state index contributed by atoms with van der Waals surface area (Å²) in [5.74, 6) is 0. The molecule has 0 saturated carbocycles. The fraction of sp³-hybridized carbons (Fsp3) is 1.00. The van der Waals surface area contributed by atoms with Gasteiger partial charge in [0.1, 0.15) is 0 Å². The summed E-state index contributed by atoms with van der Waals surface area (Å²) in [6.45, 7) is 40.1. The molecule has 4 heteroatoms. The minimum Gasteiger partial charge on any atom is -0.369 e. The number of hydrogen-bond acceptors (Lipinski definition) is 4. The van der Waals surface area contributed by atoms with Crippen molar-refractivity contribution in [2.45, 2.75) is 177 Å². The molecular weight excluding hydrogens is 432 g/mol. The molecule has 0 saturated heterocycles. The maximum Gasteiger partial charge on any atom is 0.0685 e. The minimum absolute atomic E-state index is 0.00628. The molecule has 0 radical (unpaired) electrons. The number of hydrogen-bond donors (Lipinski definition) is 2. The van der Waals surface area contributed by atoms with E-state index in [9.17, 15) is 0 Å². The summed E-state index contributed by atoms with van der Waals surface area (Å²) >= 11 is 0. The topological polar surface area (TPSA) is 42.5 Å². The van der Waals surface area contributed by atoms with Crippen molar-refractivity contribution >= 4 is 0 Å². The highest BCUT2D eigenvalue weighted by Crippen LogP contribution is 2.48. The van der Waals surface area contributed by atoms with Gasteiger partial charge in [0.2, 0.25) is 0 Å². The molecule has 0 aliphatic carbocycles. The Labute approximate surface area is 222 Å². The summed E-state index contributed by atoms with van der Waals surface area (Å²) in [6.07, 6.45) is 2.85. The molecule has 0 aromatic carbocycles. The van der Waals surface area contributed by atoms with Crippen LogP contribution in [0.2, 0.25) is 0 Å². The van der Waals surface area contributed by atoms with Crippen LogP contribution >= 0.6 is 0 Å². The minimum atomic E-state index is -0.325. The second kappa shape index (κ2) is 12.1. The highest BCUT2D eigenvalue weighted by molar-refractivity contribution is 4.99. The molecule has 0 fully saturated rings. The molecular formula is C31H68N2O2. The van der Waals surface area contributed by atoms with Gasteiger partial charge in [0, 0.05) is 11.1 Å². The molecule has 0 aromatic heterocycles. The molecule has 35 heavy (non-hydrogen) atoms. The Morgan fingerprint density at radius 2 is 0.686 bits per heavy atom. The zero-order valence-electron chi connectivity index (χ0n) is 27.9. The smallest absolute Gasteiger partial charge is 0.0685 e. The third kappa shape index (κ3) is 11.8. The van der Waals surface area contributed by atoms with Crippen molar-refractivity contribution in [2.75, 3.05) is 14.1 Å². The van der Waals surface area contributed by atoms with E-state index in [2.05, 4.69) is 121 Å². The van der Waals surface area contributed by atoms with Crippen LogP contribution in [0.15, 0.2) is 0 Å². The molecule has 0 rings (SSSR count). The second-order valence-corrected chi connectivity index (χ2v) is 15.3. The first-order chi connectivity index (χ1) is 15.2. The van der Waals surface area contributed by atoms with Crippen molar-refractivity contribution in [3.63, 3.8) is 0 Å². The van der Waals surface area contributed by atoms with Crippen molar-refractivity contribution in [2.24, 2.45) is 10.8 Å². The van der Waals surface area contributed by atoms with E-state index in [4.69, 9.17) is 9.47 Å². The molecule has 0 amide bonds. The van der Waals surface area contributed by atoms with Crippen LogP contribution in [0, 0.1) is 10.8 Å². The van der Waals surface area contributed by atoms with Gasteiger partial charge in [-0.05, 0) is 127 Å². The van der Waals surface area contributed by atoms with Crippen molar-refractivity contribution in [3.8, 4) is 0 Å². The lowest BCUT2D eigenvalue weighted by Crippen LogP contribution is -2.55. The molecule has 0 atom stereocenters. The standard InChI is InChI=1S/C29H62N2O2.C2H6/c1-22(2,19-24(5,6)30-17)28(13,14)32-26(9,10)20-23(3,4)29(15,16)33-27(11,12)21-25(7,8)31-18;1-2/h30-31H,19-21H2,1-18H3;1-2H3.